The quantitative estimate of drug-likeness (QED) is 0.753. The van der Waals surface area contributed by atoms with Crippen molar-refractivity contribution in [1.29, 1.82) is 0 Å². The lowest BCUT2D eigenvalue weighted by Gasteiger charge is -2.10. The summed E-state index contributed by atoms with van der Waals surface area (Å²) in [5.74, 6) is 0. The van der Waals surface area contributed by atoms with Crippen LogP contribution >= 0.6 is 24.4 Å². The maximum absolute atomic E-state index is 11.1. The van der Waals surface area contributed by atoms with Crippen LogP contribution in [0.15, 0.2) is 23.8 Å². The number of amides is 1. The SMILES string of the molecule is CCOC(=O)NC(=S)C1=CCC(=S)C=C1. The van der Waals surface area contributed by atoms with E-state index in [1.54, 1.807) is 13.0 Å². The van der Waals surface area contributed by atoms with E-state index in [1.165, 1.54) is 0 Å². The van der Waals surface area contributed by atoms with Gasteiger partial charge in [0.25, 0.3) is 0 Å². The van der Waals surface area contributed by atoms with E-state index in [1.807, 2.05) is 12.2 Å². The number of ether oxygens (including phenoxy) is 1. The summed E-state index contributed by atoms with van der Waals surface area (Å²) in [7, 11) is 0. The van der Waals surface area contributed by atoms with Crippen LogP contribution in [-0.4, -0.2) is 22.6 Å². The summed E-state index contributed by atoms with van der Waals surface area (Å²) in [4.78, 5) is 12.3. The molecule has 1 aliphatic carbocycles. The minimum absolute atomic E-state index is 0.327. The van der Waals surface area contributed by atoms with Crippen LogP contribution < -0.4 is 5.32 Å². The third-order valence-corrected chi connectivity index (χ3v) is 2.37. The average molecular weight is 241 g/mol. The maximum Gasteiger partial charge on any atom is 0.412 e. The largest absolute Gasteiger partial charge is 0.450 e. The molecular formula is C10H11NO2S2. The average Bonchev–Trinajstić information content (AvgIpc) is 2.18. The molecule has 0 aromatic carbocycles. The molecule has 0 spiro atoms. The van der Waals surface area contributed by atoms with Gasteiger partial charge < -0.3 is 4.74 Å². The van der Waals surface area contributed by atoms with Gasteiger partial charge in [-0.1, -0.05) is 36.6 Å². The lowest BCUT2D eigenvalue weighted by Crippen LogP contribution is -2.30. The van der Waals surface area contributed by atoms with Crippen LogP contribution in [0.4, 0.5) is 4.79 Å². The topological polar surface area (TPSA) is 38.3 Å². The molecule has 1 N–H and O–H groups in total. The van der Waals surface area contributed by atoms with E-state index in [-0.39, 0.29) is 0 Å². The number of allylic oxidation sites excluding steroid dienone is 2. The van der Waals surface area contributed by atoms with Gasteiger partial charge >= 0.3 is 6.09 Å². The summed E-state index contributed by atoms with van der Waals surface area (Å²) in [6.07, 6.45) is 5.65. The number of nitrogens with one attached hydrogen (secondary N) is 1. The van der Waals surface area contributed by atoms with Crippen molar-refractivity contribution in [2.24, 2.45) is 0 Å². The maximum atomic E-state index is 11.1. The van der Waals surface area contributed by atoms with Crippen LogP contribution in [0.2, 0.25) is 0 Å². The first-order valence-corrected chi connectivity index (χ1v) is 5.34. The Morgan fingerprint density at radius 2 is 2.33 bits per heavy atom. The van der Waals surface area contributed by atoms with Crippen LogP contribution in [0.3, 0.4) is 0 Å². The van der Waals surface area contributed by atoms with Gasteiger partial charge in [-0.3, -0.25) is 5.32 Å². The molecule has 1 rings (SSSR count). The molecule has 3 nitrogen and oxygen atoms in total. The van der Waals surface area contributed by atoms with Gasteiger partial charge in [-0.05, 0) is 13.0 Å². The third kappa shape index (κ3) is 3.89. The van der Waals surface area contributed by atoms with Crippen LogP contribution in [0.1, 0.15) is 13.3 Å². The van der Waals surface area contributed by atoms with Crippen molar-refractivity contribution in [3.63, 3.8) is 0 Å². The molecule has 80 valence electrons. The first kappa shape index (κ1) is 12.0. The number of carbonyl (C=O) groups is 1. The lowest BCUT2D eigenvalue weighted by molar-refractivity contribution is 0.158. The molecule has 0 unspecified atom stereocenters. The van der Waals surface area contributed by atoms with Gasteiger partial charge in [0.15, 0.2) is 0 Å². The minimum Gasteiger partial charge on any atom is -0.450 e. The highest BCUT2D eigenvalue weighted by Gasteiger charge is 2.09. The Hall–Kier alpha value is -1.07. The van der Waals surface area contributed by atoms with Crippen LogP contribution in [0, 0.1) is 0 Å². The molecule has 1 amide bonds. The van der Waals surface area contributed by atoms with E-state index in [0.29, 0.717) is 18.0 Å². The van der Waals surface area contributed by atoms with Gasteiger partial charge in [0.2, 0.25) is 0 Å². The molecule has 0 heterocycles. The fourth-order valence-electron chi connectivity index (χ4n) is 1.03. The predicted molar refractivity (Wildman–Crippen MR) is 67.2 cm³/mol. The molecule has 0 bridgehead atoms. The summed E-state index contributed by atoms with van der Waals surface area (Å²) in [5, 5.41) is 2.47. The molecule has 5 heteroatoms. The van der Waals surface area contributed by atoms with Crippen molar-refractivity contribution in [3.8, 4) is 0 Å². The Labute approximate surface area is 99.2 Å². The molecule has 0 saturated carbocycles. The second-order valence-corrected chi connectivity index (χ2v) is 3.77. The van der Waals surface area contributed by atoms with Crippen LogP contribution in [0.25, 0.3) is 0 Å². The Bertz CT molecular complexity index is 358. The molecule has 0 aliphatic heterocycles. The Kier molecular flexibility index (Phi) is 4.58. The summed E-state index contributed by atoms with van der Waals surface area (Å²) in [6, 6.07) is 0. The van der Waals surface area contributed by atoms with E-state index in [2.05, 4.69) is 5.32 Å². The van der Waals surface area contributed by atoms with Crippen molar-refractivity contribution in [2.75, 3.05) is 6.61 Å². The smallest absolute Gasteiger partial charge is 0.412 e. The molecule has 0 atom stereocenters. The number of alkyl carbamates (subject to hydrolysis) is 1. The lowest BCUT2D eigenvalue weighted by atomic mass is 10.1. The standard InChI is InChI=1S/C10H11NO2S2/c1-2-13-10(12)11-9(15)7-3-5-8(14)6-4-7/h3-5H,2,6H2,1H3,(H,11,12,15). The normalized spacial score (nSPS) is 14.5. The summed E-state index contributed by atoms with van der Waals surface area (Å²) in [5.41, 5.74) is 0.798. The van der Waals surface area contributed by atoms with Gasteiger partial charge in [0.1, 0.15) is 4.99 Å². The molecule has 0 aromatic heterocycles. The highest BCUT2D eigenvalue weighted by Crippen LogP contribution is 2.09. The molecule has 0 radical (unpaired) electrons. The Balaban J connectivity index is 2.52. The van der Waals surface area contributed by atoms with Gasteiger partial charge in [0.05, 0.1) is 6.61 Å². The van der Waals surface area contributed by atoms with Gasteiger partial charge in [0, 0.05) is 16.9 Å². The number of hydrogen-bond acceptors (Lipinski definition) is 4. The number of carbonyl (C=O) groups excluding carboxylic acids is 1. The predicted octanol–water partition coefficient (Wildman–Crippen LogP) is 2.32. The van der Waals surface area contributed by atoms with E-state index in [9.17, 15) is 4.79 Å². The summed E-state index contributed by atoms with van der Waals surface area (Å²) in [6.45, 7) is 2.06. The van der Waals surface area contributed by atoms with Crippen molar-refractivity contribution in [2.45, 2.75) is 13.3 Å². The molecular weight excluding hydrogens is 230 g/mol. The highest BCUT2D eigenvalue weighted by molar-refractivity contribution is 7.81. The second kappa shape index (κ2) is 5.72. The summed E-state index contributed by atoms with van der Waals surface area (Å²) >= 11 is 10.0. The van der Waals surface area contributed by atoms with Gasteiger partial charge in [-0.2, -0.15) is 0 Å². The fraction of sp³-hybridized carbons (Fsp3) is 0.300. The van der Waals surface area contributed by atoms with E-state index >= 15 is 0 Å². The first-order chi connectivity index (χ1) is 7.13. The molecule has 0 saturated heterocycles. The van der Waals surface area contributed by atoms with Crippen LogP contribution in [-0.2, 0) is 4.74 Å². The second-order valence-electron chi connectivity index (χ2n) is 2.84. The van der Waals surface area contributed by atoms with Crippen LogP contribution in [0.5, 0.6) is 0 Å². The van der Waals surface area contributed by atoms with Gasteiger partial charge in [-0.25, -0.2) is 4.79 Å². The van der Waals surface area contributed by atoms with Crippen molar-refractivity contribution in [3.05, 3.63) is 23.8 Å². The Morgan fingerprint density at radius 3 is 2.87 bits per heavy atom. The van der Waals surface area contributed by atoms with E-state index < -0.39 is 6.09 Å². The molecule has 1 aliphatic rings. The number of hydrogen-bond donors (Lipinski definition) is 1. The highest BCUT2D eigenvalue weighted by atomic mass is 32.1. The van der Waals surface area contributed by atoms with Crippen molar-refractivity contribution < 1.29 is 9.53 Å². The zero-order valence-corrected chi connectivity index (χ0v) is 9.91. The van der Waals surface area contributed by atoms with E-state index in [0.717, 1.165) is 10.4 Å². The van der Waals surface area contributed by atoms with Crippen molar-refractivity contribution in [1.82, 2.24) is 5.32 Å². The monoisotopic (exact) mass is 241 g/mol. The number of thiocarbonyl (C=S) groups is 2. The zero-order valence-electron chi connectivity index (χ0n) is 8.28. The van der Waals surface area contributed by atoms with Crippen molar-refractivity contribution >= 4 is 40.4 Å². The fourth-order valence-corrected chi connectivity index (χ4v) is 1.42. The van der Waals surface area contributed by atoms with Gasteiger partial charge in [-0.15, -0.1) is 0 Å². The minimum atomic E-state index is -0.523. The first-order valence-electron chi connectivity index (χ1n) is 4.52. The number of rotatable bonds is 2. The zero-order chi connectivity index (χ0) is 11.3. The third-order valence-electron chi connectivity index (χ3n) is 1.73. The molecule has 15 heavy (non-hydrogen) atoms. The molecule has 0 fully saturated rings. The summed E-state index contributed by atoms with van der Waals surface area (Å²) < 4.78 is 4.71. The van der Waals surface area contributed by atoms with E-state index in [4.69, 9.17) is 29.2 Å². The molecule has 0 aromatic rings. The Morgan fingerprint density at radius 1 is 1.60 bits per heavy atom.